The van der Waals surface area contributed by atoms with Crippen LogP contribution in [0.2, 0.25) is 0 Å². The number of benzene rings is 1. The molecule has 0 saturated carbocycles. The number of methoxy groups -OCH3 is 1. The SMILES string of the molecule is CCC(C(=O)OS(=O)[O-])c1ccc(OC)cc1. The van der Waals surface area contributed by atoms with Gasteiger partial charge in [0.25, 0.3) is 0 Å². The molecule has 1 rings (SSSR count). The van der Waals surface area contributed by atoms with Crippen LogP contribution in [0, 0.1) is 0 Å². The Hall–Kier alpha value is -1.40. The van der Waals surface area contributed by atoms with Gasteiger partial charge in [0.05, 0.1) is 13.0 Å². The lowest BCUT2D eigenvalue weighted by atomic mass is 9.97. The van der Waals surface area contributed by atoms with Crippen molar-refractivity contribution in [3.05, 3.63) is 29.8 Å². The second-order valence-electron chi connectivity index (χ2n) is 3.34. The molecule has 0 radical (unpaired) electrons. The summed E-state index contributed by atoms with van der Waals surface area (Å²) < 4.78 is 29.8. The van der Waals surface area contributed by atoms with E-state index < -0.39 is 23.2 Å². The van der Waals surface area contributed by atoms with Crippen LogP contribution in [0.1, 0.15) is 24.8 Å². The summed E-state index contributed by atoms with van der Waals surface area (Å²) >= 11 is -2.82. The van der Waals surface area contributed by atoms with Crippen molar-refractivity contribution in [2.45, 2.75) is 19.3 Å². The van der Waals surface area contributed by atoms with Crippen LogP contribution in [0.3, 0.4) is 0 Å². The fourth-order valence-electron chi connectivity index (χ4n) is 1.50. The summed E-state index contributed by atoms with van der Waals surface area (Å²) in [4.78, 5) is 11.5. The Bertz CT molecular complexity index is 401. The first-order valence-electron chi connectivity index (χ1n) is 5.03. The Morgan fingerprint density at radius 3 is 2.41 bits per heavy atom. The average Bonchev–Trinajstić information content (AvgIpc) is 2.30. The maximum Gasteiger partial charge on any atom is 0.326 e. The van der Waals surface area contributed by atoms with Crippen LogP contribution in [-0.4, -0.2) is 21.8 Å². The van der Waals surface area contributed by atoms with Gasteiger partial charge in [0.2, 0.25) is 0 Å². The predicted octanol–water partition coefficient (Wildman–Crippen LogP) is 1.53. The Kier molecular flexibility index (Phi) is 5.11. The van der Waals surface area contributed by atoms with Crippen LogP contribution in [-0.2, 0) is 20.3 Å². The van der Waals surface area contributed by atoms with E-state index in [1.165, 1.54) is 0 Å². The van der Waals surface area contributed by atoms with Gasteiger partial charge in [0.15, 0.2) is 0 Å². The molecular weight excluding hydrogens is 244 g/mol. The fraction of sp³-hybridized carbons (Fsp3) is 0.364. The van der Waals surface area contributed by atoms with Gasteiger partial charge >= 0.3 is 5.97 Å². The van der Waals surface area contributed by atoms with Gasteiger partial charge in [-0.15, -0.1) is 0 Å². The number of ether oxygens (including phenoxy) is 1. The molecule has 0 aliphatic rings. The largest absolute Gasteiger partial charge is 0.740 e. The zero-order valence-electron chi connectivity index (χ0n) is 9.54. The molecule has 2 atom stereocenters. The number of carbonyl (C=O) groups is 1. The van der Waals surface area contributed by atoms with Crippen molar-refractivity contribution >= 4 is 17.3 Å². The number of carbonyl (C=O) groups excluding carboxylic acids is 1. The van der Waals surface area contributed by atoms with Gasteiger partial charge in [-0.05, 0) is 24.1 Å². The van der Waals surface area contributed by atoms with Crippen molar-refractivity contribution in [2.24, 2.45) is 0 Å². The molecule has 0 spiro atoms. The molecule has 1 aromatic carbocycles. The molecule has 0 aliphatic heterocycles. The second-order valence-corrected chi connectivity index (χ2v) is 3.92. The first-order chi connectivity index (χ1) is 8.08. The molecule has 0 bridgehead atoms. The van der Waals surface area contributed by atoms with Gasteiger partial charge < -0.3 is 13.5 Å². The molecule has 0 aromatic heterocycles. The van der Waals surface area contributed by atoms with Gasteiger partial charge in [0, 0.05) is 0 Å². The van der Waals surface area contributed by atoms with Crippen LogP contribution in [0.5, 0.6) is 5.75 Å². The summed E-state index contributed by atoms with van der Waals surface area (Å²) in [5.41, 5.74) is 0.698. The summed E-state index contributed by atoms with van der Waals surface area (Å²) in [6.07, 6.45) is 0.461. The first kappa shape index (κ1) is 13.7. The third kappa shape index (κ3) is 3.83. The van der Waals surface area contributed by atoms with Gasteiger partial charge in [0.1, 0.15) is 17.1 Å². The van der Waals surface area contributed by atoms with E-state index in [2.05, 4.69) is 4.18 Å². The topological polar surface area (TPSA) is 75.7 Å². The van der Waals surface area contributed by atoms with Crippen LogP contribution in [0.25, 0.3) is 0 Å². The monoisotopic (exact) mass is 257 g/mol. The van der Waals surface area contributed by atoms with Crippen LogP contribution in [0.15, 0.2) is 24.3 Å². The molecule has 1 aromatic rings. The molecule has 17 heavy (non-hydrogen) atoms. The standard InChI is InChI=1S/C11H14O5S/c1-3-10(11(12)16-17(13)14)8-4-6-9(15-2)7-5-8/h4-7,10H,3H2,1-2H3,(H,13,14)/p-1. The van der Waals surface area contributed by atoms with Gasteiger partial charge in [-0.1, -0.05) is 19.1 Å². The van der Waals surface area contributed by atoms with E-state index in [1.54, 1.807) is 38.3 Å². The Balaban J connectivity index is 2.85. The molecule has 94 valence electrons. The van der Waals surface area contributed by atoms with Crippen LogP contribution in [0.4, 0.5) is 0 Å². The second kappa shape index (κ2) is 6.36. The van der Waals surface area contributed by atoms with E-state index in [4.69, 9.17) is 4.74 Å². The third-order valence-electron chi connectivity index (χ3n) is 2.36. The first-order valence-corrected chi connectivity index (χ1v) is 6.03. The number of hydrogen-bond acceptors (Lipinski definition) is 5. The summed E-state index contributed by atoms with van der Waals surface area (Å²) in [5.74, 6) is -0.686. The maximum atomic E-state index is 11.5. The van der Waals surface area contributed by atoms with E-state index in [0.717, 1.165) is 0 Å². The highest BCUT2D eigenvalue weighted by atomic mass is 32.2. The van der Waals surface area contributed by atoms with Crippen LogP contribution < -0.4 is 4.74 Å². The van der Waals surface area contributed by atoms with E-state index in [-0.39, 0.29) is 0 Å². The van der Waals surface area contributed by atoms with Crippen molar-refractivity contribution in [1.82, 2.24) is 0 Å². The Morgan fingerprint density at radius 2 is 2.00 bits per heavy atom. The minimum Gasteiger partial charge on any atom is -0.740 e. The summed E-state index contributed by atoms with van der Waals surface area (Å²) in [6, 6.07) is 6.84. The van der Waals surface area contributed by atoms with Crippen molar-refractivity contribution < 1.29 is 22.5 Å². The lowest BCUT2D eigenvalue weighted by Crippen LogP contribution is -2.16. The minimum absolute atomic E-state index is 0.461. The molecule has 2 unspecified atom stereocenters. The lowest BCUT2D eigenvalue weighted by molar-refractivity contribution is -0.135. The van der Waals surface area contributed by atoms with Gasteiger partial charge in [-0.3, -0.25) is 4.79 Å². The molecule has 0 aliphatic carbocycles. The quantitative estimate of drug-likeness (QED) is 0.748. The summed E-state index contributed by atoms with van der Waals surface area (Å²) in [7, 11) is 1.54. The highest BCUT2D eigenvalue weighted by Gasteiger charge is 2.20. The molecule has 0 amide bonds. The van der Waals surface area contributed by atoms with E-state index in [1.807, 2.05) is 0 Å². The molecular formula is C11H13O5S-. The van der Waals surface area contributed by atoms with Crippen molar-refractivity contribution in [3.8, 4) is 5.75 Å². The number of rotatable bonds is 5. The fourth-order valence-corrected chi connectivity index (χ4v) is 1.75. The third-order valence-corrected chi connectivity index (χ3v) is 2.66. The zero-order valence-corrected chi connectivity index (χ0v) is 10.4. The zero-order chi connectivity index (χ0) is 12.8. The normalized spacial score (nSPS) is 13.8. The van der Waals surface area contributed by atoms with Gasteiger partial charge in [-0.2, -0.15) is 0 Å². The molecule has 6 heteroatoms. The Labute approximate surface area is 102 Å². The highest BCUT2D eigenvalue weighted by molar-refractivity contribution is 7.74. The molecule has 5 nitrogen and oxygen atoms in total. The summed E-state index contributed by atoms with van der Waals surface area (Å²) in [6.45, 7) is 1.78. The van der Waals surface area contributed by atoms with E-state index >= 15 is 0 Å². The smallest absolute Gasteiger partial charge is 0.326 e. The Morgan fingerprint density at radius 1 is 1.41 bits per heavy atom. The van der Waals surface area contributed by atoms with E-state index in [9.17, 15) is 13.6 Å². The molecule has 0 fully saturated rings. The molecule has 0 heterocycles. The van der Waals surface area contributed by atoms with Crippen molar-refractivity contribution in [1.29, 1.82) is 0 Å². The highest BCUT2D eigenvalue weighted by Crippen LogP contribution is 2.23. The van der Waals surface area contributed by atoms with Gasteiger partial charge in [-0.25, -0.2) is 4.21 Å². The average molecular weight is 257 g/mol. The van der Waals surface area contributed by atoms with E-state index in [0.29, 0.717) is 17.7 Å². The minimum atomic E-state index is -2.82. The lowest BCUT2D eigenvalue weighted by Gasteiger charge is -2.15. The summed E-state index contributed by atoms with van der Waals surface area (Å²) in [5, 5.41) is 0. The van der Waals surface area contributed by atoms with Crippen LogP contribution >= 0.6 is 0 Å². The molecule has 0 saturated heterocycles. The van der Waals surface area contributed by atoms with Crippen molar-refractivity contribution in [3.63, 3.8) is 0 Å². The molecule has 0 N–H and O–H groups in total. The van der Waals surface area contributed by atoms with Crippen molar-refractivity contribution in [2.75, 3.05) is 7.11 Å². The maximum absolute atomic E-state index is 11.5. The number of hydrogen-bond donors (Lipinski definition) is 0. The predicted molar refractivity (Wildman–Crippen MR) is 61.0 cm³/mol.